The van der Waals surface area contributed by atoms with E-state index < -0.39 is 0 Å². The van der Waals surface area contributed by atoms with Gasteiger partial charge >= 0.3 is 6.03 Å². The zero-order valence-corrected chi connectivity index (χ0v) is 15.7. The Hall–Kier alpha value is -3.35. The number of anilines is 1. The highest BCUT2D eigenvalue weighted by Crippen LogP contribution is 2.28. The molecule has 0 radical (unpaired) electrons. The van der Waals surface area contributed by atoms with Gasteiger partial charge in [0.15, 0.2) is 0 Å². The highest BCUT2D eigenvalue weighted by atomic mass is 16.5. The summed E-state index contributed by atoms with van der Waals surface area (Å²) in [7, 11) is 1.62. The van der Waals surface area contributed by atoms with Crippen LogP contribution < -0.4 is 10.1 Å². The quantitative estimate of drug-likeness (QED) is 0.737. The summed E-state index contributed by atoms with van der Waals surface area (Å²) in [5.41, 5.74) is 1.62. The van der Waals surface area contributed by atoms with Crippen molar-refractivity contribution in [3.05, 3.63) is 60.5 Å². The third-order valence-electron chi connectivity index (χ3n) is 4.85. The van der Waals surface area contributed by atoms with Crippen molar-refractivity contribution in [2.45, 2.75) is 18.8 Å². The Morgan fingerprint density at radius 2 is 2.07 bits per heavy atom. The van der Waals surface area contributed by atoms with Crippen LogP contribution in [0.2, 0.25) is 0 Å². The highest BCUT2D eigenvalue weighted by molar-refractivity contribution is 5.89. The van der Waals surface area contributed by atoms with E-state index in [1.807, 2.05) is 54.6 Å². The van der Waals surface area contributed by atoms with Crippen LogP contribution in [0.4, 0.5) is 10.5 Å². The van der Waals surface area contributed by atoms with Crippen molar-refractivity contribution in [1.29, 1.82) is 0 Å². The Morgan fingerprint density at radius 1 is 1.21 bits per heavy atom. The van der Waals surface area contributed by atoms with Crippen molar-refractivity contribution < 1.29 is 14.1 Å². The zero-order chi connectivity index (χ0) is 19.3. The number of urea groups is 1. The van der Waals surface area contributed by atoms with Gasteiger partial charge in [-0.2, -0.15) is 4.98 Å². The first-order chi connectivity index (χ1) is 13.7. The summed E-state index contributed by atoms with van der Waals surface area (Å²) in [6.07, 6.45) is 1.80. The standard InChI is InChI=1S/C21H22N4O3/c1-27-18-11-5-7-15(13-18)19-23-20(28-24-19)16-8-6-12-25(14-16)21(26)22-17-9-3-2-4-10-17/h2-5,7,9-11,13,16H,6,8,12,14H2,1H3,(H,22,26)/t16-/m1/s1. The largest absolute Gasteiger partial charge is 0.497 e. The molecule has 7 nitrogen and oxygen atoms in total. The molecule has 1 aliphatic rings. The molecule has 0 spiro atoms. The number of amides is 2. The number of nitrogens with zero attached hydrogens (tertiary/aromatic N) is 3. The first kappa shape index (κ1) is 18.0. The number of ether oxygens (including phenoxy) is 1. The van der Waals surface area contributed by atoms with Crippen molar-refractivity contribution >= 4 is 11.7 Å². The van der Waals surface area contributed by atoms with Gasteiger partial charge in [0, 0.05) is 24.3 Å². The summed E-state index contributed by atoms with van der Waals surface area (Å²) in [4.78, 5) is 18.9. The van der Waals surface area contributed by atoms with Gasteiger partial charge in [-0.15, -0.1) is 0 Å². The van der Waals surface area contributed by atoms with Crippen molar-refractivity contribution in [3.8, 4) is 17.1 Å². The van der Waals surface area contributed by atoms with Gasteiger partial charge in [-0.1, -0.05) is 35.5 Å². The molecule has 0 bridgehead atoms. The maximum Gasteiger partial charge on any atom is 0.321 e. The third kappa shape index (κ3) is 3.98. The van der Waals surface area contributed by atoms with Crippen molar-refractivity contribution in [2.75, 3.05) is 25.5 Å². The van der Waals surface area contributed by atoms with E-state index in [0.717, 1.165) is 29.8 Å². The molecule has 1 atom stereocenters. The van der Waals surface area contributed by atoms with Crippen molar-refractivity contribution in [2.24, 2.45) is 0 Å². The third-order valence-corrected chi connectivity index (χ3v) is 4.85. The number of carbonyl (C=O) groups is 1. The molecule has 0 aliphatic carbocycles. The van der Waals surface area contributed by atoms with E-state index in [2.05, 4.69) is 15.5 Å². The minimum atomic E-state index is -0.108. The minimum Gasteiger partial charge on any atom is -0.497 e. The molecule has 2 heterocycles. The monoisotopic (exact) mass is 378 g/mol. The molecule has 3 aromatic rings. The number of rotatable bonds is 4. The summed E-state index contributed by atoms with van der Waals surface area (Å²) in [6, 6.07) is 16.9. The van der Waals surface area contributed by atoms with E-state index in [0.29, 0.717) is 24.8 Å². The number of benzene rings is 2. The number of carbonyl (C=O) groups excluding carboxylic acids is 1. The van der Waals surface area contributed by atoms with Crippen LogP contribution >= 0.6 is 0 Å². The Kier molecular flexibility index (Phi) is 5.23. The maximum atomic E-state index is 12.6. The molecule has 2 aromatic carbocycles. The lowest BCUT2D eigenvalue weighted by Gasteiger charge is -2.31. The topological polar surface area (TPSA) is 80.5 Å². The number of hydrogen-bond acceptors (Lipinski definition) is 5. The van der Waals surface area contributed by atoms with Gasteiger partial charge in [-0.05, 0) is 37.1 Å². The summed E-state index contributed by atoms with van der Waals surface area (Å²) < 4.78 is 10.8. The highest BCUT2D eigenvalue weighted by Gasteiger charge is 2.28. The molecule has 28 heavy (non-hydrogen) atoms. The fourth-order valence-electron chi connectivity index (χ4n) is 3.37. The number of para-hydroxylation sites is 1. The zero-order valence-electron chi connectivity index (χ0n) is 15.7. The van der Waals surface area contributed by atoms with Gasteiger partial charge in [0.05, 0.1) is 13.0 Å². The number of methoxy groups -OCH3 is 1. The SMILES string of the molecule is COc1cccc(-c2noc([C@@H]3CCCN(C(=O)Nc4ccccc4)C3)n2)c1. The second kappa shape index (κ2) is 8.12. The average Bonchev–Trinajstić information content (AvgIpc) is 3.25. The molecule has 2 amide bonds. The molecule has 7 heteroatoms. The number of piperidine rings is 1. The van der Waals surface area contributed by atoms with E-state index in [9.17, 15) is 4.79 Å². The Balaban J connectivity index is 1.45. The number of likely N-dealkylation sites (tertiary alicyclic amines) is 1. The smallest absolute Gasteiger partial charge is 0.321 e. The van der Waals surface area contributed by atoms with E-state index >= 15 is 0 Å². The lowest BCUT2D eigenvalue weighted by molar-refractivity contribution is 0.184. The predicted molar refractivity (Wildman–Crippen MR) is 105 cm³/mol. The molecule has 1 aromatic heterocycles. The maximum absolute atomic E-state index is 12.6. The van der Waals surface area contributed by atoms with Gasteiger partial charge in [0.25, 0.3) is 0 Å². The molecule has 1 saturated heterocycles. The second-order valence-electron chi connectivity index (χ2n) is 6.77. The fraction of sp³-hybridized carbons (Fsp3) is 0.286. The van der Waals surface area contributed by atoms with Gasteiger partial charge < -0.3 is 19.5 Å². The molecule has 1 aliphatic heterocycles. The van der Waals surface area contributed by atoms with E-state index in [1.54, 1.807) is 12.0 Å². The van der Waals surface area contributed by atoms with Crippen LogP contribution in [0.25, 0.3) is 11.4 Å². The number of hydrogen-bond donors (Lipinski definition) is 1. The van der Waals surface area contributed by atoms with Crippen molar-refractivity contribution in [1.82, 2.24) is 15.0 Å². The van der Waals surface area contributed by atoms with Crippen LogP contribution in [-0.2, 0) is 0 Å². The van der Waals surface area contributed by atoms with Crippen LogP contribution in [-0.4, -0.2) is 41.3 Å². The predicted octanol–water partition coefficient (Wildman–Crippen LogP) is 4.16. The molecule has 1 N–H and O–H groups in total. The summed E-state index contributed by atoms with van der Waals surface area (Å²) in [5.74, 6) is 1.86. The fourth-order valence-corrected chi connectivity index (χ4v) is 3.37. The van der Waals surface area contributed by atoms with E-state index in [1.165, 1.54) is 0 Å². The van der Waals surface area contributed by atoms with Crippen LogP contribution in [0.15, 0.2) is 59.1 Å². The first-order valence-corrected chi connectivity index (χ1v) is 9.32. The van der Waals surface area contributed by atoms with Crippen molar-refractivity contribution in [3.63, 3.8) is 0 Å². The van der Waals surface area contributed by atoms with Gasteiger partial charge in [0.1, 0.15) is 5.75 Å². The van der Waals surface area contributed by atoms with E-state index in [-0.39, 0.29) is 11.9 Å². The van der Waals surface area contributed by atoms with Gasteiger partial charge in [-0.3, -0.25) is 0 Å². The lowest BCUT2D eigenvalue weighted by Crippen LogP contribution is -2.41. The van der Waals surface area contributed by atoms with Gasteiger partial charge in [-0.25, -0.2) is 4.79 Å². The molecule has 4 rings (SSSR count). The molecule has 144 valence electrons. The minimum absolute atomic E-state index is 0.0298. The molecular formula is C21H22N4O3. The van der Waals surface area contributed by atoms with Crippen LogP contribution in [0.3, 0.4) is 0 Å². The van der Waals surface area contributed by atoms with Gasteiger partial charge in [0.2, 0.25) is 11.7 Å². The molecular weight excluding hydrogens is 356 g/mol. The lowest BCUT2D eigenvalue weighted by atomic mass is 9.98. The van der Waals surface area contributed by atoms with Crippen LogP contribution in [0, 0.1) is 0 Å². The Labute approximate surface area is 163 Å². The number of nitrogens with one attached hydrogen (secondary N) is 1. The number of aromatic nitrogens is 2. The van der Waals surface area contributed by atoms with E-state index in [4.69, 9.17) is 9.26 Å². The summed E-state index contributed by atoms with van der Waals surface area (Å²) in [6.45, 7) is 1.27. The van der Waals surface area contributed by atoms with Crippen LogP contribution in [0.5, 0.6) is 5.75 Å². The first-order valence-electron chi connectivity index (χ1n) is 9.32. The normalized spacial score (nSPS) is 16.6. The molecule has 1 fully saturated rings. The molecule has 0 unspecified atom stereocenters. The second-order valence-corrected chi connectivity index (χ2v) is 6.77. The summed E-state index contributed by atoms with van der Waals surface area (Å²) >= 11 is 0. The summed E-state index contributed by atoms with van der Waals surface area (Å²) in [5, 5.41) is 7.05. The van der Waals surface area contributed by atoms with Crippen LogP contribution in [0.1, 0.15) is 24.7 Å². The Bertz CT molecular complexity index is 942. The average molecular weight is 378 g/mol. The Morgan fingerprint density at radius 3 is 2.89 bits per heavy atom. The molecule has 0 saturated carbocycles.